The summed E-state index contributed by atoms with van der Waals surface area (Å²) in [6, 6.07) is 4.09. The van der Waals surface area contributed by atoms with Crippen molar-refractivity contribution in [3.8, 4) is 5.69 Å². The molecule has 0 bridgehead atoms. The van der Waals surface area contributed by atoms with Gasteiger partial charge in [0.25, 0.3) is 0 Å². The van der Waals surface area contributed by atoms with Gasteiger partial charge in [0, 0.05) is 16.8 Å². The van der Waals surface area contributed by atoms with Gasteiger partial charge in [0.05, 0.1) is 0 Å². The molecule has 1 N–H and O–H groups in total. The van der Waals surface area contributed by atoms with Crippen molar-refractivity contribution in [2.24, 2.45) is 5.41 Å². The van der Waals surface area contributed by atoms with Gasteiger partial charge in [0.1, 0.15) is 12.7 Å². The van der Waals surface area contributed by atoms with Gasteiger partial charge in [0.15, 0.2) is 0 Å². The van der Waals surface area contributed by atoms with Crippen LogP contribution in [0.1, 0.15) is 38.8 Å². The molecule has 0 spiro atoms. The van der Waals surface area contributed by atoms with Gasteiger partial charge < -0.3 is 5.32 Å². The van der Waals surface area contributed by atoms with Gasteiger partial charge in [-0.05, 0) is 36.6 Å². The molecule has 21 heavy (non-hydrogen) atoms. The first-order valence-corrected chi connectivity index (χ1v) is 7.13. The molecule has 0 aliphatic rings. The molecular formula is C16H22N4O. The number of carbonyl (C=O) groups excluding carboxylic acids is 1. The summed E-state index contributed by atoms with van der Waals surface area (Å²) in [5, 5.41) is 10.7. The number of nitrogens with zero attached hydrogens (tertiary/aromatic N) is 3. The van der Waals surface area contributed by atoms with Gasteiger partial charge in [-0.2, -0.15) is 0 Å². The van der Waals surface area contributed by atoms with Crippen LogP contribution in [0.5, 0.6) is 0 Å². The molecule has 0 fully saturated rings. The fourth-order valence-corrected chi connectivity index (χ4v) is 2.08. The topological polar surface area (TPSA) is 59.8 Å². The molecule has 1 aromatic carbocycles. The van der Waals surface area contributed by atoms with E-state index in [0.717, 1.165) is 28.9 Å². The molecule has 1 heterocycles. The average molecular weight is 286 g/mol. The largest absolute Gasteiger partial charge is 0.325 e. The number of carbonyl (C=O) groups is 1. The van der Waals surface area contributed by atoms with Crippen molar-refractivity contribution >= 4 is 11.6 Å². The van der Waals surface area contributed by atoms with Crippen LogP contribution in [0.25, 0.3) is 5.69 Å². The molecule has 0 aliphatic carbocycles. The second-order valence-corrected chi connectivity index (χ2v) is 6.22. The number of anilines is 1. The lowest BCUT2D eigenvalue weighted by atomic mass is 9.94. The molecule has 1 amide bonds. The third kappa shape index (κ3) is 3.29. The molecule has 0 saturated carbocycles. The van der Waals surface area contributed by atoms with Gasteiger partial charge in [-0.3, -0.25) is 9.36 Å². The molecule has 0 atom stereocenters. The van der Waals surface area contributed by atoms with E-state index in [0.29, 0.717) is 0 Å². The number of aromatic nitrogens is 3. The van der Waals surface area contributed by atoms with Crippen molar-refractivity contribution in [1.29, 1.82) is 0 Å². The molecule has 0 aliphatic heterocycles. The summed E-state index contributed by atoms with van der Waals surface area (Å²) in [5.41, 5.74) is 3.65. The monoisotopic (exact) mass is 286 g/mol. The smallest absolute Gasteiger partial charge is 0.229 e. The number of rotatable bonds is 3. The van der Waals surface area contributed by atoms with E-state index >= 15 is 0 Å². The van der Waals surface area contributed by atoms with Gasteiger partial charge in [-0.15, -0.1) is 10.2 Å². The summed E-state index contributed by atoms with van der Waals surface area (Å²) in [6.07, 6.45) is 4.18. The zero-order chi connectivity index (χ0) is 15.6. The standard InChI is InChI=1S/C16H22N4O/c1-6-12-8-13(20-9-17-18-10-20)7-11(2)14(12)19-15(21)16(3,4)5/h7-10H,6H2,1-5H3,(H,19,21). The predicted octanol–water partition coefficient (Wildman–Crippen LogP) is 3.12. The van der Waals surface area contributed by atoms with Crippen molar-refractivity contribution in [2.75, 3.05) is 5.32 Å². The molecule has 5 heteroatoms. The van der Waals surface area contributed by atoms with Gasteiger partial charge in [-0.1, -0.05) is 27.7 Å². The molecule has 2 aromatic rings. The zero-order valence-corrected chi connectivity index (χ0v) is 13.3. The second-order valence-electron chi connectivity index (χ2n) is 6.22. The normalized spacial score (nSPS) is 11.5. The molecule has 2 rings (SSSR count). The Balaban J connectivity index is 2.41. The Hall–Kier alpha value is -2.17. The summed E-state index contributed by atoms with van der Waals surface area (Å²) in [4.78, 5) is 12.2. The minimum absolute atomic E-state index is 0.0253. The summed E-state index contributed by atoms with van der Waals surface area (Å²) in [7, 11) is 0. The fourth-order valence-electron chi connectivity index (χ4n) is 2.08. The third-order valence-electron chi connectivity index (χ3n) is 3.42. The molecule has 1 aromatic heterocycles. The Morgan fingerprint density at radius 1 is 1.24 bits per heavy atom. The van der Waals surface area contributed by atoms with Crippen LogP contribution in [-0.2, 0) is 11.2 Å². The second kappa shape index (κ2) is 5.68. The summed E-state index contributed by atoms with van der Waals surface area (Å²) in [5.74, 6) is 0.0253. The van der Waals surface area contributed by atoms with Crippen molar-refractivity contribution in [3.05, 3.63) is 35.9 Å². The van der Waals surface area contributed by atoms with Crippen LogP contribution >= 0.6 is 0 Å². The summed E-state index contributed by atoms with van der Waals surface area (Å²) in [6.45, 7) is 9.82. The van der Waals surface area contributed by atoms with E-state index in [-0.39, 0.29) is 5.91 Å². The van der Waals surface area contributed by atoms with E-state index < -0.39 is 5.41 Å². The highest BCUT2D eigenvalue weighted by Crippen LogP contribution is 2.27. The molecule has 0 saturated heterocycles. The van der Waals surface area contributed by atoms with Crippen LogP contribution in [-0.4, -0.2) is 20.7 Å². The minimum atomic E-state index is -0.412. The Morgan fingerprint density at radius 2 is 1.86 bits per heavy atom. The lowest BCUT2D eigenvalue weighted by molar-refractivity contribution is -0.123. The van der Waals surface area contributed by atoms with Crippen molar-refractivity contribution in [2.45, 2.75) is 41.0 Å². The number of aryl methyl sites for hydroxylation is 2. The number of nitrogens with one attached hydrogen (secondary N) is 1. The Morgan fingerprint density at radius 3 is 2.38 bits per heavy atom. The van der Waals surface area contributed by atoms with Gasteiger partial charge >= 0.3 is 0 Å². The Labute approximate surface area is 125 Å². The van der Waals surface area contributed by atoms with Crippen LogP contribution in [0.3, 0.4) is 0 Å². The van der Waals surface area contributed by atoms with Crippen LogP contribution in [0, 0.1) is 12.3 Å². The Bertz CT molecular complexity index is 639. The van der Waals surface area contributed by atoms with E-state index in [9.17, 15) is 4.79 Å². The molecule has 112 valence electrons. The minimum Gasteiger partial charge on any atom is -0.325 e. The van der Waals surface area contributed by atoms with E-state index in [4.69, 9.17) is 0 Å². The lowest BCUT2D eigenvalue weighted by Crippen LogP contribution is -2.28. The third-order valence-corrected chi connectivity index (χ3v) is 3.42. The van der Waals surface area contributed by atoms with Crippen LogP contribution in [0.15, 0.2) is 24.8 Å². The van der Waals surface area contributed by atoms with Crippen molar-refractivity contribution < 1.29 is 4.79 Å². The van der Waals surface area contributed by atoms with Gasteiger partial charge in [-0.25, -0.2) is 0 Å². The Kier molecular flexibility index (Phi) is 4.11. The number of hydrogen-bond donors (Lipinski definition) is 1. The molecule has 0 radical (unpaired) electrons. The zero-order valence-electron chi connectivity index (χ0n) is 13.3. The molecule has 0 unspecified atom stereocenters. The maximum Gasteiger partial charge on any atom is 0.229 e. The predicted molar refractivity (Wildman–Crippen MR) is 83.6 cm³/mol. The SMILES string of the molecule is CCc1cc(-n2cnnc2)cc(C)c1NC(=O)C(C)(C)C. The van der Waals surface area contributed by atoms with E-state index in [1.165, 1.54) is 0 Å². The lowest BCUT2D eigenvalue weighted by Gasteiger charge is -2.21. The summed E-state index contributed by atoms with van der Waals surface area (Å²) >= 11 is 0. The summed E-state index contributed by atoms with van der Waals surface area (Å²) < 4.78 is 1.86. The average Bonchev–Trinajstić information content (AvgIpc) is 2.93. The molecular weight excluding hydrogens is 264 g/mol. The fraction of sp³-hybridized carbons (Fsp3) is 0.438. The first-order chi connectivity index (χ1) is 9.82. The van der Waals surface area contributed by atoms with E-state index in [1.807, 2.05) is 38.3 Å². The van der Waals surface area contributed by atoms with Crippen LogP contribution in [0.4, 0.5) is 5.69 Å². The highest BCUT2D eigenvalue weighted by Gasteiger charge is 2.22. The molecule has 5 nitrogen and oxygen atoms in total. The number of benzene rings is 1. The quantitative estimate of drug-likeness (QED) is 0.943. The maximum atomic E-state index is 12.2. The maximum absolute atomic E-state index is 12.2. The van der Waals surface area contributed by atoms with E-state index in [1.54, 1.807) is 12.7 Å². The van der Waals surface area contributed by atoms with Crippen LogP contribution < -0.4 is 5.32 Å². The first kappa shape index (κ1) is 15.2. The number of amides is 1. The highest BCUT2D eigenvalue weighted by atomic mass is 16.2. The first-order valence-electron chi connectivity index (χ1n) is 7.13. The van der Waals surface area contributed by atoms with Crippen molar-refractivity contribution in [1.82, 2.24) is 14.8 Å². The number of hydrogen-bond acceptors (Lipinski definition) is 3. The van der Waals surface area contributed by atoms with Crippen molar-refractivity contribution in [3.63, 3.8) is 0 Å². The van der Waals surface area contributed by atoms with Gasteiger partial charge in [0.2, 0.25) is 5.91 Å². The highest BCUT2D eigenvalue weighted by molar-refractivity contribution is 5.96. The van der Waals surface area contributed by atoms with Crippen LogP contribution in [0.2, 0.25) is 0 Å². The van der Waals surface area contributed by atoms with E-state index in [2.05, 4.69) is 28.5 Å².